The highest BCUT2D eigenvalue weighted by atomic mass is 35.5. The molecule has 0 amide bonds. The van der Waals surface area contributed by atoms with Gasteiger partial charge in [-0.25, -0.2) is 0 Å². The molecule has 0 aromatic rings. The standard InChI is InChI=1S/C5H13N5.ClH/c1-2-3-9-5(8)10-4(6)7;/h2-3H2,1H3,(H6,6,7,8,9,10);1H. The Morgan fingerprint density at radius 1 is 1.55 bits per heavy atom. The molecular weight excluding hydrogens is 166 g/mol. The molecule has 7 N–H and O–H groups in total. The first-order valence-corrected chi connectivity index (χ1v) is 3.18. The molecule has 0 aromatic carbocycles. The van der Waals surface area contributed by atoms with Crippen molar-refractivity contribution in [3.05, 3.63) is 0 Å². The highest BCUT2D eigenvalue weighted by Gasteiger charge is 1.94. The van der Waals surface area contributed by atoms with Crippen LogP contribution in [0.3, 0.4) is 0 Å². The van der Waals surface area contributed by atoms with Gasteiger partial charge in [-0.3, -0.25) is 10.7 Å². The number of halogens is 1. The van der Waals surface area contributed by atoms with Gasteiger partial charge in [0, 0.05) is 0 Å². The average Bonchev–Trinajstić information content (AvgIpc) is 1.82. The summed E-state index contributed by atoms with van der Waals surface area (Å²) in [5, 5.41) is 8.50. The van der Waals surface area contributed by atoms with E-state index < -0.39 is 0 Å². The number of rotatable bonds is 2. The maximum atomic E-state index is 6.75. The van der Waals surface area contributed by atoms with Crippen LogP contribution in [0.4, 0.5) is 0 Å². The highest BCUT2D eigenvalue weighted by Crippen LogP contribution is 1.61. The summed E-state index contributed by atoms with van der Waals surface area (Å²) in [6.07, 6.45) is 1.02. The van der Waals surface area contributed by atoms with Crippen LogP contribution in [0.15, 0.2) is 4.99 Å². The predicted octanol–water partition coefficient (Wildman–Crippen LogP) is -4.83. The minimum Gasteiger partial charge on any atom is -1.00 e. The molecule has 0 bridgehead atoms. The first kappa shape index (κ1) is 12.8. The van der Waals surface area contributed by atoms with Crippen molar-refractivity contribution in [2.75, 3.05) is 6.54 Å². The highest BCUT2D eigenvalue weighted by molar-refractivity contribution is 5.87. The number of aliphatic imine (C=N–C) groups is 1. The molecule has 0 heterocycles. The van der Waals surface area contributed by atoms with Crippen molar-refractivity contribution in [3.63, 3.8) is 0 Å². The SMILES string of the molecule is CCC[NH2+]C(N)=NC(=N)N.[Cl-]. The van der Waals surface area contributed by atoms with E-state index in [1.54, 1.807) is 5.32 Å². The lowest BCUT2D eigenvalue weighted by Gasteiger charge is -1.94. The molecule has 0 fully saturated rings. The Labute approximate surface area is 72.2 Å². The number of hydrogen-bond acceptors (Lipinski definition) is 1. The van der Waals surface area contributed by atoms with Gasteiger partial charge in [-0.05, 0) is 6.42 Å². The minimum absolute atomic E-state index is 0. The molecular formula is C5H14ClN5. The van der Waals surface area contributed by atoms with Crippen molar-refractivity contribution in [3.8, 4) is 0 Å². The first-order valence-electron chi connectivity index (χ1n) is 3.18. The summed E-state index contributed by atoms with van der Waals surface area (Å²) in [6, 6.07) is 0. The maximum Gasteiger partial charge on any atom is 0.299 e. The molecule has 5 nitrogen and oxygen atoms in total. The zero-order valence-electron chi connectivity index (χ0n) is 6.47. The van der Waals surface area contributed by atoms with E-state index in [0.717, 1.165) is 13.0 Å². The molecule has 0 aromatic heterocycles. The van der Waals surface area contributed by atoms with Crippen molar-refractivity contribution in [2.24, 2.45) is 16.5 Å². The lowest BCUT2D eigenvalue weighted by Crippen LogP contribution is -3.00. The van der Waals surface area contributed by atoms with Crippen molar-refractivity contribution in [2.45, 2.75) is 13.3 Å². The lowest BCUT2D eigenvalue weighted by atomic mass is 10.5. The van der Waals surface area contributed by atoms with Crippen LogP contribution in [-0.4, -0.2) is 18.5 Å². The number of nitrogens with one attached hydrogen (secondary N) is 1. The number of nitrogens with zero attached hydrogens (tertiary/aromatic N) is 1. The van der Waals surface area contributed by atoms with Crippen LogP contribution in [0.5, 0.6) is 0 Å². The zero-order valence-corrected chi connectivity index (χ0v) is 7.23. The fourth-order valence-electron chi connectivity index (χ4n) is 0.477. The Morgan fingerprint density at radius 3 is 2.45 bits per heavy atom. The van der Waals surface area contributed by atoms with Crippen LogP contribution < -0.4 is 29.2 Å². The fraction of sp³-hybridized carbons (Fsp3) is 0.600. The summed E-state index contributed by atoms with van der Waals surface area (Å²) in [4.78, 5) is 3.51. The molecule has 0 saturated heterocycles. The third-order valence-corrected chi connectivity index (χ3v) is 0.892. The molecule has 0 rings (SSSR count). The Hall–Kier alpha value is -0.810. The average molecular weight is 180 g/mol. The molecule has 0 aliphatic carbocycles. The fourth-order valence-corrected chi connectivity index (χ4v) is 0.477. The van der Waals surface area contributed by atoms with Crippen LogP contribution >= 0.6 is 0 Å². The normalized spacial score (nSPS) is 10.5. The molecule has 0 unspecified atom stereocenters. The van der Waals surface area contributed by atoms with Gasteiger partial charge in [-0.1, -0.05) is 6.92 Å². The summed E-state index contributed by atoms with van der Waals surface area (Å²) in [7, 11) is 0. The monoisotopic (exact) mass is 179 g/mol. The van der Waals surface area contributed by atoms with Gasteiger partial charge in [0.25, 0.3) is 5.96 Å². The first-order chi connectivity index (χ1) is 4.66. The Morgan fingerprint density at radius 2 is 2.09 bits per heavy atom. The lowest BCUT2D eigenvalue weighted by molar-refractivity contribution is -0.541. The van der Waals surface area contributed by atoms with Crippen molar-refractivity contribution >= 4 is 11.9 Å². The second-order valence-corrected chi connectivity index (χ2v) is 1.91. The van der Waals surface area contributed by atoms with E-state index in [1.165, 1.54) is 0 Å². The zero-order chi connectivity index (χ0) is 7.98. The number of nitrogens with two attached hydrogens (primary N) is 3. The summed E-state index contributed by atoms with van der Waals surface area (Å²) in [5.74, 6) is 0.0826. The van der Waals surface area contributed by atoms with E-state index in [9.17, 15) is 0 Å². The second kappa shape index (κ2) is 7.30. The van der Waals surface area contributed by atoms with Gasteiger partial charge >= 0.3 is 0 Å². The molecule has 11 heavy (non-hydrogen) atoms. The molecule has 66 valence electrons. The molecule has 6 heteroatoms. The van der Waals surface area contributed by atoms with Crippen molar-refractivity contribution < 1.29 is 17.7 Å². The summed E-state index contributed by atoms with van der Waals surface area (Å²) in [5.41, 5.74) is 10.3. The van der Waals surface area contributed by atoms with Crippen LogP contribution in [0, 0.1) is 5.41 Å². The van der Waals surface area contributed by atoms with Gasteiger partial charge in [0.1, 0.15) is 0 Å². The largest absolute Gasteiger partial charge is 1.00 e. The molecule has 0 atom stereocenters. The Balaban J connectivity index is 0. The van der Waals surface area contributed by atoms with Gasteiger partial charge in [0.2, 0.25) is 5.96 Å². The van der Waals surface area contributed by atoms with Gasteiger partial charge < -0.3 is 23.9 Å². The predicted molar refractivity (Wildman–Crippen MR) is 40.6 cm³/mol. The van der Waals surface area contributed by atoms with E-state index in [1.807, 2.05) is 6.92 Å². The van der Waals surface area contributed by atoms with Crippen LogP contribution in [0.2, 0.25) is 0 Å². The second-order valence-electron chi connectivity index (χ2n) is 1.91. The third-order valence-electron chi connectivity index (χ3n) is 0.892. The van der Waals surface area contributed by atoms with Crippen LogP contribution in [0.25, 0.3) is 0 Å². The molecule has 0 aliphatic heterocycles. The van der Waals surface area contributed by atoms with Gasteiger partial charge in [0.05, 0.1) is 6.54 Å². The summed E-state index contributed by atoms with van der Waals surface area (Å²) in [6.45, 7) is 2.92. The quantitative estimate of drug-likeness (QED) is 0.252. The van der Waals surface area contributed by atoms with Gasteiger partial charge in [-0.2, -0.15) is 0 Å². The summed E-state index contributed by atoms with van der Waals surface area (Å²) < 4.78 is 0. The van der Waals surface area contributed by atoms with E-state index in [4.69, 9.17) is 16.9 Å². The van der Waals surface area contributed by atoms with E-state index >= 15 is 0 Å². The Kier molecular flexibility index (Phi) is 8.51. The topological polar surface area (TPSA) is 105 Å². The minimum atomic E-state index is -0.246. The maximum absolute atomic E-state index is 6.75. The molecule has 0 spiro atoms. The summed E-state index contributed by atoms with van der Waals surface area (Å²) >= 11 is 0. The smallest absolute Gasteiger partial charge is 0.299 e. The molecule has 0 saturated carbocycles. The van der Waals surface area contributed by atoms with Crippen LogP contribution in [-0.2, 0) is 0 Å². The van der Waals surface area contributed by atoms with E-state index in [0.29, 0.717) is 5.96 Å². The van der Waals surface area contributed by atoms with Gasteiger partial charge in [-0.15, -0.1) is 4.99 Å². The van der Waals surface area contributed by atoms with Gasteiger partial charge in [0.15, 0.2) is 0 Å². The van der Waals surface area contributed by atoms with Crippen molar-refractivity contribution in [1.29, 1.82) is 5.41 Å². The third kappa shape index (κ3) is 9.19. The Bertz CT molecular complexity index is 144. The number of hydrogen-bond donors (Lipinski definition) is 4. The van der Waals surface area contributed by atoms with E-state index in [2.05, 4.69) is 4.99 Å². The molecule has 0 radical (unpaired) electrons. The number of quaternary nitrogens is 1. The van der Waals surface area contributed by atoms with E-state index in [-0.39, 0.29) is 18.4 Å². The van der Waals surface area contributed by atoms with Crippen molar-refractivity contribution in [1.82, 2.24) is 0 Å². The molecule has 0 aliphatic rings. The van der Waals surface area contributed by atoms with Crippen LogP contribution in [0.1, 0.15) is 13.3 Å². The number of guanidine groups is 2.